The molecular weight excluding hydrogens is 318 g/mol. The van der Waals surface area contributed by atoms with Gasteiger partial charge in [-0.2, -0.15) is 0 Å². The fourth-order valence-electron chi connectivity index (χ4n) is 3.49. The molecule has 130 valence electrons. The van der Waals surface area contributed by atoms with E-state index >= 15 is 0 Å². The molecule has 2 aliphatic heterocycles. The monoisotopic (exact) mass is 339 g/mol. The van der Waals surface area contributed by atoms with Crippen LogP contribution in [0.5, 0.6) is 17.2 Å². The molecule has 0 aromatic heterocycles. The maximum absolute atomic E-state index is 12.7. The number of nitrogens with zero attached hydrogens (tertiary/aromatic N) is 1. The standard InChI is InChI=1S/C20H21NO4/c1-13-5-3-4-6-17(13)23-11-20(22)21-8-7-15-9-18-19(25-12-24-18)10-16(15)14(21)2/h3-6,9-10,14H,7-8,11-12H2,1-2H3. The van der Waals surface area contributed by atoms with E-state index in [1.54, 1.807) is 0 Å². The SMILES string of the molecule is Cc1ccccc1OCC(=O)N1CCc2cc3c(cc2C1C)OCO3. The lowest BCUT2D eigenvalue weighted by Crippen LogP contribution is -2.41. The van der Waals surface area contributed by atoms with E-state index in [9.17, 15) is 4.79 Å². The van der Waals surface area contributed by atoms with Crippen LogP contribution in [0.25, 0.3) is 0 Å². The van der Waals surface area contributed by atoms with E-state index in [0.717, 1.165) is 34.8 Å². The van der Waals surface area contributed by atoms with Crippen LogP contribution in [-0.2, 0) is 11.2 Å². The Kier molecular flexibility index (Phi) is 3.99. The Hall–Kier alpha value is -2.69. The Balaban J connectivity index is 1.48. The van der Waals surface area contributed by atoms with Crippen LogP contribution in [0.4, 0.5) is 0 Å². The van der Waals surface area contributed by atoms with Gasteiger partial charge in [0.25, 0.3) is 5.91 Å². The number of aryl methyl sites for hydroxylation is 1. The average molecular weight is 339 g/mol. The molecule has 0 N–H and O–H groups in total. The van der Waals surface area contributed by atoms with Crippen LogP contribution in [-0.4, -0.2) is 30.8 Å². The highest BCUT2D eigenvalue weighted by Gasteiger charge is 2.30. The molecule has 0 saturated heterocycles. The molecule has 2 aromatic rings. The van der Waals surface area contributed by atoms with Crippen LogP contribution in [0.1, 0.15) is 29.7 Å². The highest BCUT2D eigenvalue weighted by molar-refractivity contribution is 5.79. The molecule has 0 aliphatic carbocycles. The number of ether oxygens (including phenoxy) is 3. The van der Waals surface area contributed by atoms with Gasteiger partial charge >= 0.3 is 0 Å². The number of para-hydroxylation sites is 1. The van der Waals surface area contributed by atoms with Crippen molar-refractivity contribution in [3.63, 3.8) is 0 Å². The van der Waals surface area contributed by atoms with E-state index in [1.165, 1.54) is 5.56 Å². The zero-order valence-corrected chi connectivity index (χ0v) is 14.5. The van der Waals surface area contributed by atoms with Crippen molar-refractivity contribution in [3.8, 4) is 17.2 Å². The minimum atomic E-state index is -0.00813. The Morgan fingerprint density at radius 2 is 2.00 bits per heavy atom. The fourth-order valence-corrected chi connectivity index (χ4v) is 3.49. The topological polar surface area (TPSA) is 48.0 Å². The minimum Gasteiger partial charge on any atom is -0.484 e. The molecule has 2 aromatic carbocycles. The number of carbonyl (C=O) groups is 1. The molecule has 2 heterocycles. The molecule has 0 saturated carbocycles. The quantitative estimate of drug-likeness (QED) is 0.861. The molecule has 0 bridgehead atoms. The first-order chi connectivity index (χ1) is 12.1. The largest absolute Gasteiger partial charge is 0.484 e. The molecule has 0 spiro atoms. The van der Waals surface area contributed by atoms with Gasteiger partial charge in [-0.25, -0.2) is 0 Å². The van der Waals surface area contributed by atoms with Crippen LogP contribution in [0.2, 0.25) is 0 Å². The van der Waals surface area contributed by atoms with Crippen LogP contribution >= 0.6 is 0 Å². The van der Waals surface area contributed by atoms with Gasteiger partial charge in [-0.05, 0) is 55.2 Å². The first-order valence-electron chi connectivity index (χ1n) is 8.54. The Labute approximate surface area is 147 Å². The lowest BCUT2D eigenvalue weighted by Gasteiger charge is -2.35. The summed E-state index contributed by atoms with van der Waals surface area (Å²) < 4.78 is 16.7. The average Bonchev–Trinajstić information content (AvgIpc) is 3.07. The molecule has 1 atom stereocenters. The maximum Gasteiger partial charge on any atom is 0.261 e. The third kappa shape index (κ3) is 2.90. The summed E-state index contributed by atoms with van der Waals surface area (Å²) in [4.78, 5) is 14.6. The number of hydrogen-bond acceptors (Lipinski definition) is 4. The zero-order valence-electron chi connectivity index (χ0n) is 14.5. The van der Waals surface area contributed by atoms with Crippen LogP contribution in [0, 0.1) is 6.92 Å². The van der Waals surface area contributed by atoms with Crippen LogP contribution in [0.15, 0.2) is 36.4 Å². The van der Waals surface area contributed by atoms with Crippen LogP contribution < -0.4 is 14.2 Å². The van der Waals surface area contributed by atoms with Crippen LogP contribution in [0.3, 0.4) is 0 Å². The van der Waals surface area contributed by atoms with Gasteiger partial charge in [0.1, 0.15) is 5.75 Å². The first kappa shape index (κ1) is 15.8. The highest BCUT2D eigenvalue weighted by atomic mass is 16.7. The predicted octanol–water partition coefficient (Wildman–Crippen LogP) is 3.25. The molecule has 5 heteroatoms. The van der Waals surface area contributed by atoms with E-state index in [1.807, 2.05) is 55.1 Å². The molecule has 1 amide bonds. The van der Waals surface area contributed by atoms with Gasteiger partial charge in [-0.3, -0.25) is 4.79 Å². The minimum absolute atomic E-state index is 0.000861. The van der Waals surface area contributed by atoms with Gasteiger partial charge in [-0.1, -0.05) is 18.2 Å². The normalized spacial score (nSPS) is 18.0. The molecule has 0 fully saturated rings. The van der Waals surface area contributed by atoms with Gasteiger partial charge in [-0.15, -0.1) is 0 Å². The molecular formula is C20H21NO4. The molecule has 1 unspecified atom stereocenters. The van der Waals surface area contributed by atoms with E-state index in [2.05, 4.69) is 0 Å². The van der Waals surface area contributed by atoms with Crippen molar-refractivity contribution in [1.29, 1.82) is 0 Å². The fraction of sp³-hybridized carbons (Fsp3) is 0.350. The zero-order chi connectivity index (χ0) is 17.4. The molecule has 4 rings (SSSR count). The van der Waals surface area contributed by atoms with Gasteiger partial charge in [0.05, 0.1) is 6.04 Å². The molecule has 25 heavy (non-hydrogen) atoms. The lowest BCUT2D eigenvalue weighted by molar-refractivity contribution is -0.136. The van der Waals surface area contributed by atoms with Crippen molar-refractivity contribution in [2.75, 3.05) is 19.9 Å². The van der Waals surface area contributed by atoms with Crippen molar-refractivity contribution in [2.24, 2.45) is 0 Å². The first-order valence-corrected chi connectivity index (χ1v) is 8.54. The second-order valence-electron chi connectivity index (χ2n) is 6.47. The maximum atomic E-state index is 12.7. The number of hydrogen-bond donors (Lipinski definition) is 0. The van der Waals surface area contributed by atoms with Gasteiger partial charge < -0.3 is 19.1 Å². The summed E-state index contributed by atoms with van der Waals surface area (Å²) in [5, 5.41) is 0. The van der Waals surface area contributed by atoms with Gasteiger partial charge in [0.2, 0.25) is 6.79 Å². The summed E-state index contributed by atoms with van der Waals surface area (Å²) in [6.45, 7) is 5.02. The third-order valence-electron chi connectivity index (χ3n) is 4.94. The number of benzene rings is 2. The summed E-state index contributed by atoms with van der Waals surface area (Å²) in [5.41, 5.74) is 3.38. The Bertz CT molecular complexity index is 817. The molecule has 0 radical (unpaired) electrons. The summed E-state index contributed by atoms with van der Waals surface area (Å²) in [6.07, 6.45) is 0.812. The second kappa shape index (κ2) is 6.31. The highest BCUT2D eigenvalue weighted by Crippen LogP contribution is 2.40. The number of amides is 1. The Morgan fingerprint density at radius 1 is 1.24 bits per heavy atom. The summed E-state index contributed by atoms with van der Waals surface area (Å²) in [6, 6.07) is 11.8. The van der Waals surface area contributed by atoms with Crippen molar-refractivity contribution >= 4 is 5.91 Å². The number of rotatable bonds is 3. The van der Waals surface area contributed by atoms with Crippen molar-refractivity contribution < 1.29 is 19.0 Å². The van der Waals surface area contributed by atoms with Crippen molar-refractivity contribution in [2.45, 2.75) is 26.3 Å². The van der Waals surface area contributed by atoms with Gasteiger partial charge in [0.15, 0.2) is 18.1 Å². The van der Waals surface area contributed by atoms with E-state index < -0.39 is 0 Å². The predicted molar refractivity (Wildman–Crippen MR) is 93.1 cm³/mol. The second-order valence-corrected chi connectivity index (χ2v) is 6.47. The number of carbonyl (C=O) groups excluding carboxylic acids is 1. The summed E-state index contributed by atoms with van der Waals surface area (Å²) in [7, 11) is 0. The lowest BCUT2D eigenvalue weighted by atomic mass is 9.93. The van der Waals surface area contributed by atoms with Crippen molar-refractivity contribution in [3.05, 3.63) is 53.1 Å². The van der Waals surface area contributed by atoms with Crippen molar-refractivity contribution in [1.82, 2.24) is 4.90 Å². The van der Waals surface area contributed by atoms with E-state index in [-0.39, 0.29) is 25.3 Å². The third-order valence-corrected chi connectivity index (χ3v) is 4.94. The summed E-state index contributed by atoms with van der Waals surface area (Å²) in [5.74, 6) is 2.31. The van der Waals surface area contributed by atoms with E-state index in [4.69, 9.17) is 14.2 Å². The number of fused-ring (bicyclic) bond motifs is 2. The molecule has 5 nitrogen and oxygen atoms in total. The Morgan fingerprint density at radius 3 is 2.80 bits per heavy atom. The van der Waals surface area contributed by atoms with E-state index in [0.29, 0.717) is 6.54 Å². The summed E-state index contributed by atoms with van der Waals surface area (Å²) >= 11 is 0. The van der Waals surface area contributed by atoms with Gasteiger partial charge in [0, 0.05) is 6.54 Å². The smallest absolute Gasteiger partial charge is 0.261 e. The molecule has 2 aliphatic rings.